The van der Waals surface area contributed by atoms with Crippen LogP contribution in [0, 0.1) is 30.1 Å². The minimum atomic E-state index is -3.15. The van der Waals surface area contributed by atoms with Crippen molar-refractivity contribution in [3.05, 3.63) is 41.4 Å². The number of allylic oxidation sites excluding steroid dienone is 1. The van der Waals surface area contributed by atoms with Crippen LogP contribution in [0.3, 0.4) is 0 Å². The standard InChI is InChI=1S/C83H128N2O41S3/c1-9-16-38-51(91)34(4)17-15-21-81(8)48(124-81)24-40(37-19-20-46-39(23-37)85-35(5)129-46)112-50(90)25-47(80(6,7)69(38)104)118-49(89)18-13-12-14-22-84-72(107)36(10-2)29-128-31-45-68-55(95)60(100)78(117-45)122-66-43(28-88)115-79(61(101)56(66)96)126-83(109)33-111-74(63(103)71(83)106)125-82(108)32-110-73(62(102)70(82)105)119-67-44(30-127-11-3)116-77(59(99)54(67)94)121-65-42(27-87)113-75(57(97)52(65)92)120-64-41(26-86)114-76(123-68)58(98)53(64)93/h9,19-20,23,34,36,38,40-45,47-48,51-68,70-71,73-79,86-88,91-103,105-106,108-109H,1,10-18,21-22,24-33H2,2-8H3,(H,84,107)/t34-,36?,38+,40-,41?,42?,43?,44?,45?,47-,48-,51-,52-,53-,54-,55-,56-,57?,58?,59?,60?,61?,62?,63?,64-,65-,66-,67-,68-,70-,71-,73-,74-,75+,76+,77-,78+,79-,81+,82-,83-/m1/s1. The maximum atomic E-state index is 14.9. The third-order valence-corrected chi connectivity index (χ3v) is 29.1. The molecule has 24 heterocycles. The molecular weight excluding hydrogens is 1780 g/mol. The highest BCUT2D eigenvalue weighted by atomic mass is 32.2. The Labute approximate surface area is 755 Å². The number of hydrogen-bond acceptors (Lipinski definition) is 45. The minimum absolute atomic E-state index is 0.00639. The zero-order valence-electron chi connectivity index (χ0n) is 72.5. The van der Waals surface area contributed by atoms with Crippen molar-refractivity contribution in [3.63, 3.8) is 0 Å². The zero-order chi connectivity index (χ0) is 93.8. The summed E-state index contributed by atoms with van der Waals surface area (Å²) in [7, 11) is 0. The van der Waals surface area contributed by atoms with Gasteiger partial charge in [-0.2, -0.15) is 23.5 Å². The van der Waals surface area contributed by atoms with Crippen molar-refractivity contribution in [2.75, 3.05) is 62.6 Å². The molecule has 41 atom stereocenters. The predicted octanol–water partition coefficient (Wildman–Crippen LogP) is -5.09. The summed E-state index contributed by atoms with van der Waals surface area (Å²) >= 11 is 3.76. The minimum Gasteiger partial charge on any atom is -0.461 e. The Morgan fingerprint density at radius 2 is 1.09 bits per heavy atom. The lowest BCUT2D eigenvalue weighted by atomic mass is 9.71. The van der Waals surface area contributed by atoms with Gasteiger partial charge in [0.05, 0.1) is 76.9 Å². The van der Waals surface area contributed by atoms with E-state index in [2.05, 4.69) is 16.9 Å². The number of amides is 1. The smallest absolute Gasteiger partial charge is 0.310 e. The van der Waals surface area contributed by atoms with Crippen molar-refractivity contribution < 1.29 is 202 Å². The Morgan fingerprint density at radius 1 is 0.605 bits per heavy atom. The number of unbranched alkanes of at least 4 members (excludes halogenated alkanes) is 2. The molecular formula is C83H128N2O41S3. The number of carbonyl (C=O) groups is 4. The largest absolute Gasteiger partial charge is 0.461 e. The van der Waals surface area contributed by atoms with Gasteiger partial charge in [0.25, 0.3) is 0 Å². The molecule has 129 heavy (non-hydrogen) atoms. The number of hydrogen-bond donors (Lipinski definition) is 21. The zero-order valence-corrected chi connectivity index (χ0v) is 74.9. The summed E-state index contributed by atoms with van der Waals surface area (Å²) in [5.41, 5.74) is -0.639. The monoisotopic (exact) mass is 1900 g/mol. The number of rotatable bonds is 22. The number of aryl methyl sites for hydroxylation is 1. The molecule has 43 nitrogen and oxygen atoms in total. The van der Waals surface area contributed by atoms with Crippen LogP contribution in [0.1, 0.15) is 129 Å². The molecule has 2 aromatic rings. The number of ketones is 1. The normalized spacial score (nSPS) is 44.9. The number of thiazole rings is 1. The number of fused-ring (bicyclic) bond motifs is 2. The van der Waals surface area contributed by atoms with Crippen molar-refractivity contribution in [2.45, 2.75) is 351 Å². The van der Waals surface area contributed by atoms with E-state index < -0.39 is 306 Å². The van der Waals surface area contributed by atoms with Crippen molar-refractivity contribution >= 4 is 68.7 Å². The molecule has 0 spiro atoms. The number of cyclic esters (lactones) is 1. The summed E-state index contributed by atoms with van der Waals surface area (Å²) in [6.45, 7) is 10.7. The summed E-state index contributed by atoms with van der Waals surface area (Å²) in [5.74, 6) is -10.6. The molecule has 23 fully saturated rings. The van der Waals surface area contributed by atoms with Gasteiger partial charge in [-0.3, -0.25) is 19.2 Å². The lowest BCUT2D eigenvalue weighted by Crippen LogP contribution is -2.70. The number of carbonyl (C=O) groups excluding carboxylic acids is 4. The Kier molecular flexibility index (Phi) is 36.2. The molecule has 46 heteroatoms. The van der Waals surface area contributed by atoms with Crippen LogP contribution in [0.5, 0.6) is 0 Å². The fourth-order valence-corrected chi connectivity index (χ4v) is 20.6. The van der Waals surface area contributed by atoms with Gasteiger partial charge < -0.3 is 188 Å². The summed E-state index contributed by atoms with van der Waals surface area (Å²) in [6.07, 6.45) is -63.6. The van der Waals surface area contributed by atoms with E-state index in [-0.39, 0.29) is 61.5 Å². The van der Waals surface area contributed by atoms with Crippen LogP contribution >= 0.6 is 34.9 Å². The Hall–Kier alpha value is -3.77. The molecule has 0 aliphatic carbocycles. The number of ether oxygens (including phenoxy) is 17. The van der Waals surface area contributed by atoms with Crippen LogP contribution in [-0.4, -0.2) is 419 Å². The lowest BCUT2D eigenvalue weighted by Gasteiger charge is -2.50. The summed E-state index contributed by atoms with van der Waals surface area (Å²) in [6, 6.07) is 5.69. The van der Waals surface area contributed by atoms with Crippen LogP contribution in [0.2, 0.25) is 0 Å². The van der Waals surface area contributed by atoms with Gasteiger partial charge in [-0.15, -0.1) is 17.9 Å². The molecule has 23 saturated heterocycles. The first kappa shape index (κ1) is 104. The number of Topliss-reactive ketones (excluding diaryl/α,β-unsaturated/α-hetero) is 1. The van der Waals surface area contributed by atoms with E-state index in [1.807, 2.05) is 39.0 Å². The van der Waals surface area contributed by atoms with Crippen LogP contribution in [0.15, 0.2) is 30.9 Å². The Balaban J connectivity index is 0.724. The molecule has 1 aromatic heterocycles. The number of epoxide rings is 1. The molecule has 23 aliphatic heterocycles. The summed E-state index contributed by atoms with van der Waals surface area (Å²) in [4.78, 5) is 62.0. The first-order chi connectivity index (χ1) is 61.2. The fraction of sp³-hybridized carbons (Fsp3) is 0.843. The molecule has 0 radical (unpaired) electrons. The first-order valence-corrected chi connectivity index (χ1v) is 46.9. The number of nitrogens with zero attached hydrogens (tertiary/aromatic N) is 1. The summed E-state index contributed by atoms with van der Waals surface area (Å²) in [5, 5.41) is 235. The van der Waals surface area contributed by atoms with E-state index >= 15 is 0 Å². The molecule has 21 N–H and O–H groups in total. The number of aromatic nitrogens is 1. The average Bonchev–Trinajstić information content (AvgIpc) is 1.75. The van der Waals surface area contributed by atoms with E-state index in [0.717, 1.165) is 27.0 Å². The van der Waals surface area contributed by atoms with Crippen molar-refractivity contribution in [3.8, 4) is 0 Å². The second-order valence-corrected chi connectivity index (χ2v) is 39.2. The highest BCUT2D eigenvalue weighted by Gasteiger charge is 2.63. The van der Waals surface area contributed by atoms with Gasteiger partial charge in [0.1, 0.15) is 165 Å². The number of benzene rings is 1. The Bertz CT molecular complexity index is 3980. The van der Waals surface area contributed by atoms with Gasteiger partial charge in [-0.1, -0.05) is 45.8 Å². The van der Waals surface area contributed by atoms with E-state index in [1.54, 1.807) is 33.8 Å². The van der Waals surface area contributed by atoms with Crippen molar-refractivity contribution in [1.29, 1.82) is 0 Å². The molecule has 25 rings (SSSR count). The second-order valence-electron chi connectivity index (χ2n) is 35.6. The van der Waals surface area contributed by atoms with Crippen molar-refractivity contribution in [1.82, 2.24) is 10.3 Å². The first-order valence-electron chi connectivity index (χ1n) is 43.8. The van der Waals surface area contributed by atoms with Gasteiger partial charge in [0.15, 0.2) is 44.0 Å². The van der Waals surface area contributed by atoms with Crippen LogP contribution in [0.4, 0.5) is 0 Å². The quantitative estimate of drug-likeness (QED) is 0.0227. The van der Waals surface area contributed by atoms with Crippen LogP contribution in [0.25, 0.3) is 10.2 Å². The molecule has 0 saturated carbocycles. The number of aliphatic hydroxyl groups excluding tert-OH is 18. The maximum absolute atomic E-state index is 14.9. The van der Waals surface area contributed by atoms with Gasteiger partial charge in [0.2, 0.25) is 17.5 Å². The molecule has 13 unspecified atom stereocenters. The van der Waals surface area contributed by atoms with Crippen molar-refractivity contribution in [2.24, 2.45) is 23.2 Å². The molecule has 734 valence electrons. The molecule has 14 bridgehead atoms. The van der Waals surface area contributed by atoms with E-state index in [4.69, 9.17) is 80.5 Å². The van der Waals surface area contributed by atoms with Gasteiger partial charge in [0, 0.05) is 48.5 Å². The molecule has 1 amide bonds. The fourth-order valence-electron chi connectivity index (χ4n) is 17.8. The van der Waals surface area contributed by atoms with E-state index in [0.29, 0.717) is 49.8 Å². The predicted molar refractivity (Wildman–Crippen MR) is 442 cm³/mol. The lowest BCUT2D eigenvalue weighted by molar-refractivity contribution is -0.452. The second kappa shape index (κ2) is 44.8. The van der Waals surface area contributed by atoms with Gasteiger partial charge in [-0.25, -0.2) is 4.98 Å². The topological polar surface area (TPSA) is 658 Å². The number of thioether (sulfide) groups is 2. The van der Waals surface area contributed by atoms with E-state index in [1.165, 1.54) is 23.1 Å². The molecule has 23 aliphatic rings. The highest BCUT2D eigenvalue weighted by molar-refractivity contribution is 7.99. The van der Waals surface area contributed by atoms with Gasteiger partial charge >= 0.3 is 11.9 Å². The SMILES string of the molecule is C=CC[C@@H]1C(=O)C(C)(C)[C@H](OC(=O)CCCCCNC(=O)C(CC)CSCC2O[C@H]3O[C@@H]4C(CO)O[C@H](O[C@]5(O)CO[C@H](O[C@]6(O)CO[C@H](O[C@@H]7C(CSCC)O[C@H](O[C@@H]8C(CO)O[C@@H](O[C@@H]9C(CO)O[C@@H](O[C@H]2[C@H](O)C3O)C(O)[C@H]9O)C(O)[C@H]8O)C(O)[C@H]7O)C(O)[C@H]6O)C(O)[C@H]5O)C(O)[C@H]4O)CC(=O)O[C@@H](c2ccc3sc(C)nc3c2)C[C@H]2O[C@@]2(C)CCC[C@@H](C)[C@H]1O. The highest BCUT2D eigenvalue weighted by Crippen LogP contribution is 2.49. The van der Waals surface area contributed by atoms with E-state index in [9.17, 15) is 121 Å². The van der Waals surface area contributed by atoms with Crippen LogP contribution < -0.4 is 5.32 Å². The van der Waals surface area contributed by atoms with Gasteiger partial charge in [-0.05, 0) is 95.6 Å². The Morgan fingerprint density at radius 3 is 1.60 bits per heavy atom. The van der Waals surface area contributed by atoms with Crippen LogP contribution in [-0.2, 0) is 99.7 Å². The number of nitrogens with one attached hydrogen (secondary N) is 1. The third-order valence-electron chi connectivity index (χ3n) is 26.0. The number of aliphatic hydroxyl groups is 20. The third kappa shape index (κ3) is 23.5. The molecule has 1 aromatic carbocycles. The maximum Gasteiger partial charge on any atom is 0.310 e. The average molecular weight is 1910 g/mol. The number of esters is 2. The summed E-state index contributed by atoms with van der Waals surface area (Å²) < 4.78 is 102.